The van der Waals surface area contributed by atoms with Crippen molar-refractivity contribution in [3.63, 3.8) is 0 Å². The Hall–Kier alpha value is -0.120. The van der Waals surface area contributed by atoms with E-state index < -0.39 is 0 Å². The van der Waals surface area contributed by atoms with Crippen molar-refractivity contribution in [3.05, 3.63) is 0 Å². The van der Waals surface area contributed by atoms with Crippen LogP contribution in [0, 0.1) is 0 Å². The highest BCUT2D eigenvalue weighted by molar-refractivity contribution is 14.0. The van der Waals surface area contributed by atoms with Crippen LogP contribution in [0.2, 0.25) is 0 Å². The van der Waals surface area contributed by atoms with E-state index >= 15 is 0 Å². The van der Waals surface area contributed by atoms with Crippen LogP contribution in [0.4, 0.5) is 0 Å². The summed E-state index contributed by atoms with van der Waals surface area (Å²) in [7, 11) is 2.21. The number of hydrogen-bond donors (Lipinski definition) is 2. The molecule has 2 heterocycles. The van der Waals surface area contributed by atoms with Gasteiger partial charge in [0.1, 0.15) is 0 Å². The van der Waals surface area contributed by atoms with E-state index in [1.54, 1.807) is 0 Å². The molecule has 2 unspecified atom stereocenters. The van der Waals surface area contributed by atoms with Crippen molar-refractivity contribution in [2.75, 3.05) is 66.0 Å². The van der Waals surface area contributed by atoms with Gasteiger partial charge in [-0.25, -0.2) is 0 Å². The Balaban J connectivity index is 0.00000364. The second-order valence-corrected chi connectivity index (χ2v) is 8.07. The lowest BCUT2D eigenvalue weighted by Gasteiger charge is -2.35. The Morgan fingerprint density at radius 3 is 2.52 bits per heavy atom. The number of likely N-dealkylation sites (tertiary alicyclic amines) is 1. The first-order valence-corrected chi connectivity index (χ1v) is 10.8. The summed E-state index contributed by atoms with van der Waals surface area (Å²) in [5, 5.41) is 6.92. The monoisotopic (exact) mass is 494 g/mol. The van der Waals surface area contributed by atoms with Crippen molar-refractivity contribution < 1.29 is 0 Å². The average Bonchev–Trinajstić information content (AvgIpc) is 2.64. The molecule has 2 saturated heterocycles. The topological polar surface area (TPSA) is 46.1 Å². The maximum absolute atomic E-state index is 4.83. The Morgan fingerprint density at radius 2 is 1.85 bits per heavy atom. The van der Waals surface area contributed by atoms with Crippen LogP contribution in [0.5, 0.6) is 0 Å². The number of hydrogen-bond acceptors (Lipinski definition) is 4. The number of nitrogens with zero attached hydrogens (tertiary/aromatic N) is 4. The van der Waals surface area contributed by atoms with Crippen molar-refractivity contribution in [2.24, 2.45) is 4.99 Å². The quantitative estimate of drug-likeness (QED) is 0.234. The number of nitrogens with one attached hydrogen (secondary N) is 2. The molecule has 0 aromatic carbocycles. The number of halogens is 1. The molecule has 0 saturated carbocycles. The molecule has 0 amide bonds. The van der Waals surface area contributed by atoms with Crippen LogP contribution in [0.25, 0.3) is 0 Å². The van der Waals surface area contributed by atoms with Gasteiger partial charge in [-0.2, -0.15) is 0 Å². The molecule has 2 rings (SSSR count). The highest BCUT2D eigenvalue weighted by Crippen LogP contribution is 2.16. The molecule has 0 radical (unpaired) electrons. The zero-order valence-corrected chi connectivity index (χ0v) is 20.4. The molecule has 2 aliphatic heterocycles. The van der Waals surface area contributed by atoms with Gasteiger partial charge in [0.05, 0.1) is 6.54 Å². The minimum absolute atomic E-state index is 0. The van der Waals surface area contributed by atoms with Crippen molar-refractivity contribution in [3.8, 4) is 0 Å². The van der Waals surface area contributed by atoms with Gasteiger partial charge in [0.25, 0.3) is 0 Å². The first kappa shape index (κ1) is 24.9. The number of likely N-dealkylation sites (N-methyl/N-ethyl adjacent to an activating group) is 1. The number of aliphatic imine (C=N–C) groups is 1. The predicted molar refractivity (Wildman–Crippen MR) is 127 cm³/mol. The van der Waals surface area contributed by atoms with Gasteiger partial charge in [0, 0.05) is 57.9 Å². The Bertz CT molecular complexity index is 411. The summed E-state index contributed by atoms with van der Waals surface area (Å²) in [5.41, 5.74) is 0. The van der Waals surface area contributed by atoms with Crippen LogP contribution < -0.4 is 10.6 Å². The van der Waals surface area contributed by atoms with Gasteiger partial charge < -0.3 is 20.4 Å². The zero-order valence-electron chi connectivity index (χ0n) is 18.0. The molecule has 160 valence electrons. The first-order chi connectivity index (χ1) is 12.6. The van der Waals surface area contributed by atoms with Gasteiger partial charge in [0.15, 0.2) is 5.96 Å². The number of rotatable bonds is 8. The smallest absolute Gasteiger partial charge is 0.191 e. The second-order valence-electron chi connectivity index (χ2n) is 8.07. The van der Waals surface area contributed by atoms with Crippen molar-refractivity contribution in [1.82, 2.24) is 25.3 Å². The van der Waals surface area contributed by atoms with E-state index in [2.05, 4.69) is 53.2 Å². The van der Waals surface area contributed by atoms with Crippen molar-refractivity contribution in [1.29, 1.82) is 0 Å². The van der Waals surface area contributed by atoms with E-state index in [0.29, 0.717) is 6.04 Å². The fourth-order valence-corrected chi connectivity index (χ4v) is 3.92. The van der Waals surface area contributed by atoms with Crippen molar-refractivity contribution >= 4 is 29.9 Å². The maximum atomic E-state index is 4.83. The SMILES string of the molecule is CCNC(=NCC(C)N1CCN(C)CC1)NCCCN1CCCCC1C.I. The van der Waals surface area contributed by atoms with Crippen LogP contribution in [0.3, 0.4) is 0 Å². The fourth-order valence-electron chi connectivity index (χ4n) is 3.92. The number of guanidine groups is 1. The highest BCUT2D eigenvalue weighted by Gasteiger charge is 2.19. The van der Waals surface area contributed by atoms with Crippen molar-refractivity contribution in [2.45, 2.75) is 58.5 Å². The summed E-state index contributed by atoms with van der Waals surface area (Å²) in [5.74, 6) is 0.972. The Morgan fingerprint density at radius 1 is 1.11 bits per heavy atom. The lowest BCUT2D eigenvalue weighted by atomic mass is 10.0. The summed E-state index contributed by atoms with van der Waals surface area (Å²) in [6.07, 6.45) is 5.31. The van der Waals surface area contributed by atoms with E-state index in [1.807, 2.05) is 0 Å². The van der Waals surface area contributed by atoms with E-state index in [1.165, 1.54) is 51.9 Å². The van der Waals surface area contributed by atoms with Gasteiger partial charge >= 0.3 is 0 Å². The second kappa shape index (κ2) is 14.0. The van der Waals surface area contributed by atoms with Crippen LogP contribution in [-0.4, -0.2) is 98.7 Å². The summed E-state index contributed by atoms with van der Waals surface area (Å²) >= 11 is 0. The van der Waals surface area contributed by atoms with Gasteiger partial charge in [-0.05, 0) is 53.6 Å². The third-order valence-corrected chi connectivity index (χ3v) is 5.87. The third kappa shape index (κ3) is 9.28. The summed E-state index contributed by atoms with van der Waals surface area (Å²) in [6, 6.07) is 1.27. The molecular weight excluding hydrogens is 451 g/mol. The predicted octanol–water partition coefficient (Wildman–Crippen LogP) is 2.06. The molecule has 2 atom stereocenters. The van der Waals surface area contributed by atoms with E-state index in [4.69, 9.17) is 4.99 Å². The lowest BCUT2D eigenvalue weighted by molar-refractivity contribution is 0.122. The molecule has 2 N–H and O–H groups in total. The molecule has 2 fully saturated rings. The third-order valence-electron chi connectivity index (χ3n) is 5.87. The van der Waals surface area contributed by atoms with Crippen LogP contribution in [0.1, 0.15) is 46.5 Å². The molecule has 6 nitrogen and oxygen atoms in total. The fraction of sp³-hybridized carbons (Fsp3) is 0.950. The average molecular weight is 495 g/mol. The van der Waals surface area contributed by atoms with Gasteiger partial charge in [-0.3, -0.25) is 9.89 Å². The zero-order chi connectivity index (χ0) is 18.8. The van der Waals surface area contributed by atoms with E-state index in [0.717, 1.165) is 44.7 Å². The molecular formula is C20H43IN6. The van der Waals surface area contributed by atoms with Gasteiger partial charge in [0.2, 0.25) is 0 Å². The largest absolute Gasteiger partial charge is 0.357 e. The van der Waals surface area contributed by atoms with Crippen LogP contribution in [0.15, 0.2) is 4.99 Å². The van der Waals surface area contributed by atoms with E-state index in [9.17, 15) is 0 Å². The number of piperazine rings is 1. The molecule has 27 heavy (non-hydrogen) atoms. The first-order valence-electron chi connectivity index (χ1n) is 10.8. The molecule has 7 heteroatoms. The Kier molecular flexibility index (Phi) is 12.9. The standard InChI is InChI=1S/C20H42N6.HI/c1-5-21-20(22-10-8-12-25-11-7-6-9-18(25)2)23-17-19(3)26-15-13-24(4)14-16-26;/h18-19H,5-17H2,1-4H3,(H2,21,22,23);1H. The van der Waals surface area contributed by atoms with Gasteiger partial charge in [-0.1, -0.05) is 6.42 Å². The van der Waals surface area contributed by atoms with Crippen LogP contribution in [-0.2, 0) is 0 Å². The Labute approximate surface area is 184 Å². The van der Waals surface area contributed by atoms with E-state index in [-0.39, 0.29) is 24.0 Å². The summed E-state index contributed by atoms with van der Waals surface area (Å²) < 4.78 is 0. The van der Waals surface area contributed by atoms with Gasteiger partial charge in [-0.15, -0.1) is 24.0 Å². The normalized spacial score (nSPS) is 24.3. The molecule has 0 aromatic heterocycles. The maximum Gasteiger partial charge on any atom is 0.191 e. The van der Waals surface area contributed by atoms with Crippen LogP contribution >= 0.6 is 24.0 Å². The minimum Gasteiger partial charge on any atom is -0.357 e. The summed E-state index contributed by atoms with van der Waals surface area (Å²) in [4.78, 5) is 12.4. The molecule has 2 aliphatic rings. The molecule has 0 aliphatic carbocycles. The minimum atomic E-state index is 0. The lowest BCUT2D eigenvalue weighted by Crippen LogP contribution is -2.49. The number of piperidine rings is 1. The highest BCUT2D eigenvalue weighted by atomic mass is 127. The molecule has 0 bridgehead atoms. The molecule has 0 aromatic rings. The summed E-state index contributed by atoms with van der Waals surface area (Å²) in [6.45, 7) is 16.7. The molecule has 0 spiro atoms.